The predicted octanol–water partition coefficient (Wildman–Crippen LogP) is 2.57. The average molecular weight is 246 g/mol. The lowest BCUT2D eigenvalue weighted by Gasteiger charge is -2.38. The third kappa shape index (κ3) is 2.56. The lowest BCUT2D eigenvalue weighted by Crippen LogP contribution is -2.50. The van der Waals surface area contributed by atoms with Crippen molar-refractivity contribution in [2.75, 3.05) is 0 Å². The van der Waals surface area contributed by atoms with Crippen LogP contribution in [0.3, 0.4) is 0 Å². The van der Waals surface area contributed by atoms with Crippen molar-refractivity contribution in [2.45, 2.75) is 64.1 Å². The normalized spacial score (nSPS) is 28.3. The smallest absolute Gasteiger partial charge is 0.108 e. The summed E-state index contributed by atoms with van der Waals surface area (Å²) in [6, 6.07) is 3.25. The van der Waals surface area contributed by atoms with Crippen molar-refractivity contribution >= 4 is 0 Å². The molecule has 1 N–H and O–H groups in total. The Morgan fingerprint density at radius 2 is 2.39 bits per heavy atom. The van der Waals surface area contributed by atoms with Crippen molar-refractivity contribution < 1.29 is 0 Å². The zero-order valence-corrected chi connectivity index (χ0v) is 11.5. The Kier molecular flexibility index (Phi) is 3.72. The van der Waals surface area contributed by atoms with Gasteiger partial charge in [0.05, 0.1) is 6.07 Å². The Balaban J connectivity index is 2.17. The van der Waals surface area contributed by atoms with E-state index < -0.39 is 0 Å². The zero-order chi connectivity index (χ0) is 13.2. The van der Waals surface area contributed by atoms with Gasteiger partial charge in [-0.2, -0.15) is 5.26 Å². The van der Waals surface area contributed by atoms with Gasteiger partial charge in [-0.15, -0.1) is 0 Å². The van der Waals surface area contributed by atoms with E-state index in [0.29, 0.717) is 12.1 Å². The summed E-state index contributed by atoms with van der Waals surface area (Å²) in [5, 5.41) is 13.0. The zero-order valence-electron chi connectivity index (χ0n) is 11.5. The molecule has 1 aliphatic rings. The van der Waals surface area contributed by atoms with Crippen molar-refractivity contribution in [3.63, 3.8) is 0 Å². The molecular formula is C14H22N4. The van der Waals surface area contributed by atoms with Crippen LogP contribution in [0, 0.1) is 18.3 Å². The van der Waals surface area contributed by atoms with Crippen LogP contribution in [0.2, 0.25) is 0 Å². The van der Waals surface area contributed by atoms with Gasteiger partial charge in [0.15, 0.2) is 0 Å². The lowest BCUT2D eigenvalue weighted by atomic mass is 9.79. The number of aromatic nitrogens is 2. The molecule has 4 heteroatoms. The quantitative estimate of drug-likeness (QED) is 0.891. The summed E-state index contributed by atoms with van der Waals surface area (Å²) in [7, 11) is 0. The number of hydrogen-bond acceptors (Lipinski definition) is 3. The van der Waals surface area contributed by atoms with Crippen LogP contribution in [0.1, 0.15) is 51.4 Å². The molecule has 2 rings (SSSR count). The summed E-state index contributed by atoms with van der Waals surface area (Å²) in [5.41, 5.74) is -0.367. The van der Waals surface area contributed by atoms with E-state index in [0.717, 1.165) is 31.5 Å². The summed E-state index contributed by atoms with van der Waals surface area (Å²) < 4.78 is 2.22. The fraction of sp³-hybridized carbons (Fsp3) is 0.714. The molecule has 2 atom stereocenters. The van der Waals surface area contributed by atoms with Gasteiger partial charge in [0.1, 0.15) is 11.4 Å². The summed E-state index contributed by atoms with van der Waals surface area (Å²) in [6.45, 7) is 6.23. The molecule has 1 aromatic heterocycles. The van der Waals surface area contributed by atoms with Crippen LogP contribution in [0.4, 0.5) is 0 Å². The maximum absolute atomic E-state index is 9.54. The van der Waals surface area contributed by atoms with Gasteiger partial charge in [0, 0.05) is 24.5 Å². The predicted molar refractivity (Wildman–Crippen MR) is 71.1 cm³/mol. The molecule has 18 heavy (non-hydrogen) atoms. The molecule has 1 aromatic rings. The molecule has 0 saturated heterocycles. The van der Waals surface area contributed by atoms with Gasteiger partial charge in [0.25, 0.3) is 0 Å². The molecule has 1 heterocycles. The second-order valence-corrected chi connectivity index (χ2v) is 5.62. The van der Waals surface area contributed by atoms with Crippen molar-refractivity contribution in [3.8, 4) is 6.07 Å². The van der Waals surface area contributed by atoms with Crippen LogP contribution in [-0.4, -0.2) is 21.1 Å². The van der Waals surface area contributed by atoms with Crippen LogP contribution in [0.5, 0.6) is 0 Å². The van der Waals surface area contributed by atoms with E-state index >= 15 is 0 Å². The molecule has 0 aliphatic heterocycles. The average Bonchev–Trinajstić information content (AvgIpc) is 2.75. The first-order valence-electron chi connectivity index (χ1n) is 6.75. The Morgan fingerprint density at radius 1 is 1.61 bits per heavy atom. The van der Waals surface area contributed by atoms with Crippen molar-refractivity contribution in [1.29, 1.82) is 5.26 Å². The molecule has 2 unspecified atom stereocenters. The first kappa shape index (κ1) is 13.1. The molecule has 0 bridgehead atoms. The molecule has 1 fully saturated rings. The number of nitrogens with one attached hydrogen (secondary N) is 1. The van der Waals surface area contributed by atoms with Crippen LogP contribution in [0.15, 0.2) is 12.4 Å². The Hall–Kier alpha value is -1.34. The Bertz CT molecular complexity index is 443. The van der Waals surface area contributed by atoms with Gasteiger partial charge in [-0.25, -0.2) is 4.98 Å². The van der Waals surface area contributed by atoms with Crippen LogP contribution in [-0.2, 0) is 0 Å². The SMILES string of the molecule is Cc1nccn1C1CCCC(C#N)(NC(C)C)C1. The van der Waals surface area contributed by atoms with E-state index in [1.165, 1.54) is 0 Å². The van der Waals surface area contributed by atoms with E-state index in [1.54, 1.807) is 0 Å². The molecule has 0 spiro atoms. The molecule has 98 valence electrons. The molecule has 0 amide bonds. The standard InChI is InChI=1S/C14H22N4/c1-11(2)17-14(10-15)6-4-5-13(9-14)18-8-7-16-12(18)3/h7-8,11,13,17H,4-6,9H2,1-3H3. The molecule has 1 aliphatic carbocycles. The Labute approximate surface area is 109 Å². The van der Waals surface area contributed by atoms with Gasteiger partial charge in [-0.3, -0.25) is 5.32 Å². The van der Waals surface area contributed by atoms with Gasteiger partial charge >= 0.3 is 0 Å². The number of hydrogen-bond donors (Lipinski definition) is 1. The van der Waals surface area contributed by atoms with Crippen molar-refractivity contribution in [3.05, 3.63) is 18.2 Å². The van der Waals surface area contributed by atoms with Crippen LogP contribution in [0.25, 0.3) is 0 Å². The second-order valence-electron chi connectivity index (χ2n) is 5.62. The maximum atomic E-state index is 9.54. The number of rotatable bonds is 3. The first-order chi connectivity index (χ1) is 8.56. The monoisotopic (exact) mass is 246 g/mol. The van der Waals surface area contributed by atoms with E-state index in [1.807, 2.05) is 19.3 Å². The minimum atomic E-state index is -0.367. The van der Waals surface area contributed by atoms with Gasteiger partial charge in [-0.1, -0.05) is 0 Å². The van der Waals surface area contributed by atoms with E-state index in [9.17, 15) is 5.26 Å². The van der Waals surface area contributed by atoms with E-state index in [4.69, 9.17) is 0 Å². The molecule has 0 aromatic carbocycles. The summed E-state index contributed by atoms with van der Waals surface area (Å²) >= 11 is 0. The largest absolute Gasteiger partial charge is 0.332 e. The van der Waals surface area contributed by atoms with Crippen LogP contribution >= 0.6 is 0 Å². The number of nitrogens with zero attached hydrogens (tertiary/aromatic N) is 3. The highest BCUT2D eigenvalue weighted by Gasteiger charge is 2.37. The summed E-state index contributed by atoms with van der Waals surface area (Å²) in [4.78, 5) is 4.29. The van der Waals surface area contributed by atoms with Crippen molar-refractivity contribution in [1.82, 2.24) is 14.9 Å². The molecule has 0 radical (unpaired) electrons. The fourth-order valence-corrected chi connectivity index (χ4v) is 3.07. The highest BCUT2D eigenvalue weighted by atomic mass is 15.1. The van der Waals surface area contributed by atoms with Crippen molar-refractivity contribution in [2.24, 2.45) is 0 Å². The molecule has 4 nitrogen and oxygen atoms in total. The van der Waals surface area contributed by atoms with E-state index in [-0.39, 0.29) is 5.54 Å². The number of imidazole rings is 1. The third-order valence-corrected chi connectivity index (χ3v) is 3.76. The maximum Gasteiger partial charge on any atom is 0.108 e. The highest BCUT2D eigenvalue weighted by molar-refractivity contribution is 5.12. The van der Waals surface area contributed by atoms with Gasteiger partial charge in [0.2, 0.25) is 0 Å². The fourth-order valence-electron chi connectivity index (χ4n) is 3.07. The topological polar surface area (TPSA) is 53.6 Å². The minimum absolute atomic E-state index is 0.340. The summed E-state index contributed by atoms with van der Waals surface area (Å²) in [6.07, 6.45) is 7.93. The number of aryl methyl sites for hydroxylation is 1. The lowest BCUT2D eigenvalue weighted by molar-refractivity contribution is 0.217. The van der Waals surface area contributed by atoms with Crippen LogP contribution < -0.4 is 5.32 Å². The van der Waals surface area contributed by atoms with Gasteiger partial charge < -0.3 is 4.57 Å². The highest BCUT2D eigenvalue weighted by Crippen LogP contribution is 2.36. The minimum Gasteiger partial charge on any atom is -0.332 e. The second kappa shape index (κ2) is 5.11. The molecule has 1 saturated carbocycles. The Morgan fingerprint density at radius 3 is 2.94 bits per heavy atom. The first-order valence-corrected chi connectivity index (χ1v) is 6.75. The summed E-state index contributed by atoms with van der Waals surface area (Å²) in [5.74, 6) is 1.04. The number of nitriles is 1. The molecular weight excluding hydrogens is 224 g/mol. The van der Waals surface area contributed by atoms with Gasteiger partial charge in [-0.05, 0) is 46.5 Å². The third-order valence-electron chi connectivity index (χ3n) is 3.76. The van der Waals surface area contributed by atoms with E-state index in [2.05, 4.69) is 34.8 Å².